The number of cyclic esters (lactones) is 1. The molecule has 0 radical (unpaired) electrons. The molecule has 0 bridgehead atoms. The van der Waals surface area contributed by atoms with Crippen molar-refractivity contribution < 1.29 is 52.7 Å². The topological polar surface area (TPSA) is 231 Å². The molecule has 402 valence electrons. The first-order chi connectivity index (χ1) is 32.8. The smallest absolute Gasteiger partial charge is 0.410 e. The van der Waals surface area contributed by atoms with Crippen molar-refractivity contribution in [2.45, 2.75) is 200 Å². The number of likely N-dealkylation sites (N-methyl/N-ethyl adjacent to an activating group) is 1. The molecule has 0 spiro atoms. The number of anilines is 1. The number of nitrogen functional groups attached to an aromatic ring is 1. The second-order valence-electron chi connectivity index (χ2n) is 21.6. The van der Waals surface area contributed by atoms with Gasteiger partial charge in [-0.25, -0.2) is 4.79 Å². The first-order valence-electron chi connectivity index (χ1n) is 25.2. The van der Waals surface area contributed by atoms with E-state index >= 15 is 0 Å². The highest BCUT2D eigenvalue weighted by atomic mass is 16.7. The Balaban J connectivity index is 0.0000110. The van der Waals surface area contributed by atoms with Gasteiger partial charge >= 0.3 is 18.0 Å². The van der Waals surface area contributed by atoms with Crippen molar-refractivity contribution in [1.82, 2.24) is 35.4 Å². The Morgan fingerprint density at radius 1 is 1.11 bits per heavy atom. The fourth-order valence-corrected chi connectivity index (χ4v) is 10.5. The lowest BCUT2D eigenvalue weighted by molar-refractivity contribution is -0.295. The Bertz CT molecular complexity index is 2070. The minimum Gasteiger partial charge on any atom is -0.459 e. The number of nitrogens with two attached hydrogens (primary N) is 1. The number of aliphatic hydroxyl groups is 1. The third-order valence-corrected chi connectivity index (χ3v) is 14.3. The number of carbonyl (C=O) groups excluding carboxylic acids is 4. The number of ketones is 1. The third-order valence-electron chi connectivity index (χ3n) is 14.3. The number of rotatable bonds is 16. The molecular formula is C52H88N8O11. The number of nitrogens with zero attached hydrogens (tertiary/aromatic N) is 5. The molecule has 1 aromatic carbocycles. The van der Waals surface area contributed by atoms with Gasteiger partial charge in [-0.05, 0) is 139 Å². The Hall–Kier alpha value is -4.24. The maximum atomic E-state index is 14.6. The van der Waals surface area contributed by atoms with Crippen LogP contribution in [0, 0.1) is 17.8 Å². The summed E-state index contributed by atoms with van der Waals surface area (Å²) in [7, 11) is 5.36. The molecule has 3 aliphatic heterocycles. The molecule has 3 fully saturated rings. The van der Waals surface area contributed by atoms with E-state index in [4.69, 9.17) is 34.2 Å². The average molecular weight is 1000 g/mol. The number of benzene rings is 1. The highest BCUT2D eigenvalue weighted by Crippen LogP contribution is 2.41. The molecule has 1 aromatic heterocycles. The number of ether oxygens (including phenoxy) is 6. The van der Waals surface area contributed by atoms with Crippen molar-refractivity contribution in [3.05, 3.63) is 30.5 Å². The van der Waals surface area contributed by atoms with Crippen LogP contribution in [0.5, 0.6) is 0 Å². The number of hydrogen-bond acceptors (Lipinski definition) is 17. The summed E-state index contributed by atoms with van der Waals surface area (Å²) < 4.78 is 39.5. The molecule has 0 aliphatic carbocycles. The molecule has 5 N–H and O–H groups in total. The van der Waals surface area contributed by atoms with Crippen LogP contribution >= 0.6 is 0 Å². The van der Waals surface area contributed by atoms with Crippen molar-refractivity contribution in [3.63, 3.8) is 0 Å². The number of amides is 1. The Morgan fingerprint density at radius 3 is 2.44 bits per heavy atom. The molecule has 5 rings (SSSR count). The van der Waals surface area contributed by atoms with Gasteiger partial charge in [0.25, 0.3) is 0 Å². The maximum Gasteiger partial charge on any atom is 0.410 e. The average Bonchev–Trinajstić information content (AvgIpc) is 3.87. The van der Waals surface area contributed by atoms with Gasteiger partial charge in [-0.2, -0.15) is 0 Å². The number of nitrogens with one attached hydrogen (secondary N) is 2. The maximum absolute atomic E-state index is 14.6. The predicted octanol–water partition coefficient (Wildman–Crippen LogP) is 5.61. The van der Waals surface area contributed by atoms with Gasteiger partial charge < -0.3 is 54.8 Å². The van der Waals surface area contributed by atoms with Crippen molar-refractivity contribution in [2.24, 2.45) is 17.8 Å². The minimum atomic E-state index is -1.38. The second-order valence-corrected chi connectivity index (χ2v) is 21.6. The quantitative estimate of drug-likeness (QED) is 0.0526. The molecular weight excluding hydrogens is 913 g/mol. The fraction of sp³-hybridized carbons (Fsp3) is 0.769. The monoisotopic (exact) mass is 1000 g/mol. The van der Waals surface area contributed by atoms with E-state index in [0.29, 0.717) is 69.7 Å². The number of aromatic nitrogens is 3. The largest absolute Gasteiger partial charge is 0.459 e. The highest BCUT2D eigenvalue weighted by molar-refractivity contribution is 6.00. The van der Waals surface area contributed by atoms with Gasteiger partial charge in [0.1, 0.15) is 35.5 Å². The zero-order valence-corrected chi connectivity index (χ0v) is 44.2. The van der Waals surface area contributed by atoms with E-state index in [0.717, 1.165) is 5.56 Å². The third kappa shape index (κ3) is 14.7. The SMILES string of the molecule is C.CC[C@H]1OC(=O)[C@H](C)C(=O)[C@H](C)[C@@H](O[C@@H]2O[C@H](C)CC(N(C)C)C2O)[C@](C)(OC)C[C@@H](C)CN[C@H](CCN[C@H](C)C(=O)OC(C)(C)C)[C@H]2N(CCCCn3cc(-c4cccc(N)c4)nn3)C(=O)O[C@]12C. The van der Waals surface area contributed by atoms with Crippen LogP contribution in [0.15, 0.2) is 30.5 Å². The fourth-order valence-electron chi connectivity index (χ4n) is 10.5. The molecule has 2 unspecified atom stereocenters. The summed E-state index contributed by atoms with van der Waals surface area (Å²) in [5, 5.41) is 27.4. The summed E-state index contributed by atoms with van der Waals surface area (Å²) in [6.45, 7) is 21.6. The van der Waals surface area contributed by atoms with Crippen LogP contribution in [-0.2, 0) is 49.3 Å². The molecule has 0 saturated carbocycles. The molecule has 71 heavy (non-hydrogen) atoms. The molecule has 3 aliphatic rings. The number of fused-ring (bicyclic) bond motifs is 1. The van der Waals surface area contributed by atoms with Gasteiger partial charge in [-0.3, -0.25) is 24.0 Å². The van der Waals surface area contributed by atoms with Crippen molar-refractivity contribution in [1.29, 1.82) is 0 Å². The Labute approximate surface area is 422 Å². The van der Waals surface area contributed by atoms with Gasteiger partial charge in [-0.15, -0.1) is 5.10 Å². The van der Waals surface area contributed by atoms with E-state index in [-0.39, 0.29) is 31.9 Å². The normalized spacial score (nSPS) is 32.8. The van der Waals surface area contributed by atoms with E-state index in [1.807, 2.05) is 91.0 Å². The first-order valence-corrected chi connectivity index (χ1v) is 25.2. The summed E-state index contributed by atoms with van der Waals surface area (Å²) in [5.41, 5.74) is 5.01. The van der Waals surface area contributed by atoms with Crippen molar-refractivity contribution in [3.8, 4) is 11.3 Å². The lowest BCUT2D eigenvalue weighted by atomic mass is 9.78. The van der Waals surface area contributed by atoms with Gasteiger partial charge in [0.05, 0.1) is 30.0 Å². The first kappa shape index (κ1) is 59.3. The number of Topliss-reactive ketones (excluding diaryl/α,β-unsaturated/α-hetero) is 1. The Morgan fingerprint density at radius 2 is 1.80 bits per heavy atom. The van der Waals surface area contributed by atoms with Gasteiger partial charge in [0, 0.05) is 49.5 Å². The number of hydrogen-bond donors (Lipinski definition) is 4. The van der Waals surface area contributed by atoms with Gasteiger partial charge in [0.15, 0.2) is 17.7 Å². The van der Waals surface area contributed by atoms with Crippen LogP contribution in [0.2, 0.25) is 0 Å². The minimum absolute atomic E-state index is 0. The summed E-state index contributed by atoms with van der Waals surface area (Å²) >= 11 is 0. The molecule has 19 heteroatoms. The lowest BCUT2D eigenvalue weighted by Crippen LogP contribution is -2.62. The summed E-state index contributed by atoms with van der Waals surface area (Å²) in [5.74, 6) is -3.88. The van der Waals surface area contributed by atoms with Crippen LogP contribution in [0.25, 0.3) is 11.3 Å². The number of carbonyl (C=O) groups is 4. The predicted molar refractivity (Wildman–Crippen MR) is 271 cm³/mol. The van der Waals surface area contributed by atoms with E-state index in [1.54, 1.807) is 37.5 Å². The number of methoxy groups -OCH3 is 1. The van der Waals surface area contributed by atoms with E-state index in [1.165, 1.54) is 6.92 Å². The summed E-state index contributed by atoms with van der Waals surface area (Å²) in [6, 6.07) is 5.40. The van der Waals surface area contributed by atoms with Gasteiger partial charge in [0.2, 0.25) is 0 Å². The standard InChI is InChI=1S/C51H84N8O11.CH4/c1-15-40-51(11)43(59(48(64)70-51)24-17-16-23-58-29-38(55-56-58)35-19-18-20-36(52)26-35)37(21-22-53-34(6)46(63)69-49(7,8)9)54-28-30(2)27-50(10,65-14)44(32(4)41(60)33(5)45(62)67-40)68-47-42(61)39(57(12)13)25-31(3)66-47;/h18-20,26,29-34,37,39-40,42-44,47,53-54,61H,15-17,21-25,27-28,52H2,1-14H3;1H4/t30-,31-,32+,33-,34-,37-,39?,40-,42?,43-,44-,47+,50-,51-;/m1./s1. The van der Waals surface area contributed by atoms with E-state index < -0.39 is 95.2 Å². The molecule has 19 nitrogen and oxygen atoms in total. The number of aryl methyl sites for hydroxylation is 1. The van der Waals surface area contributed by atoms with Crippen molar-refractivity contribution >= 4 is 29.5 Å². The van der Waals surface area contributed by atoms with Crippen LogP contribution < -0.4 is 16.4 Å². The Kier molecular flexibility index (Phi) is 21.0. The van der Waals surface area contributed by atoms with Gasteiger partial charge in [-0.1, -0.05) is 45.5 Å². The van der Waals surface area contributed by atoms with E-state index in [9.17, 15) is 24.3 Å². The summed E-state index contributed by atoms with van der Waals surface area (Å²) in [4.78, 5) is 60.1. The zero-order chi connectivity index (χ0) is 51.9. The number of esters is 2. The van der Waals surface area contributed by atoms with E-state index in [2.05, 4.69) is 27.9 Å². The highest BCUT2D eigenvalue weighted by Gasteiger charge is 2.59. The van der Waals surface area contributed by atoms with Crippen LogP contribution in [0.3, 0.4) is 0 Å². The van der Waals surface area contributed by atoms with Crippen LogP contribution in [0.1, 0.15) is 122 Å². The second kappa shape index (κ2) is 25.1. The zero-order valence-electron chi connectivity index (χ0n) is 44.2. The van der Waals surface area contributed by atoms with Crippen LogP contribution in [-0.4, -0.2) is 166 Å². The van der Waals surface area contributed by atoms with Crippen LogP contribution in [0.4, 0.5) is 10.5 Å². The molecule has 2 aromatic rings. The molecule has 3 saturated heterocycles. The number of aliphatic hydroxyl groups excluding tert-OH is 1. The molecule has 4 heterocycles. The number of unbranched alkanes of at least 4 members (excludes halogenated alkanes) is 1. The molecule has 14 atom stereocenters. The summed E-state index contributed by atoms with van der Waals surface area (Å²) in [6.07, 6.45) is -0.101. The van der Waals surface area contributed by atoms with Crippen molar-refractivity contribution in [2.75, 3.05) is 46.6 Å². The lowest BCUT2D eigenvalue weighted by Gasteiger charge is -2.46. The molecule has 1 amide bonds.